The molecule has 0 saturated carbocycles. The summed E-state index contributed by atoms with van der Waals surface area (Å²) < 4.78 is 37.5. The van der Waals surface area contributed by atoms with Crippen LogP contribution in [0.3, 0.4) is 0 Å². The predicted octanol–water partition coefficient (Wildman–Crippen LogP) is 0.284. The van der Waals surface area contributed by atoms with E-state index in [4.69, 9.17) is 5.73 Å². The summed E-state index contributed by atoms with van der Waals surface area (Å²) in [6.45, 7) is 0.876. The number of amides is 2. The van der Waals surface area contributed by atoms with Gasteiger partial charge >= 0.3 is 6.18 Å². The van der Waals surface area contributed by atoms with Crippen LogP contribution in [0.5, 0.6) is 0 Å². The van der Waals surface area contributed by atoms with Crippen LogP contribution >= 0.6 is 0 Å². The molecule has 0 bridgehead atoms. The first-order chi connectivity index (χ1) is 10.7. The summed E-state index contributed by atoms with van der Waals surface area (Å²) >= 11 is 0. The van der Waals surface area contributed by atoms with Crippen LogP contribution in [0, 0.1) is 0 Å². The van der Waals surface area contributed by atoms with Crippen molar-refractivity contribution in [3.63, 3.8) is 0 Å². The SMILES string of the molecule is CC1CN(C(=O)c2nccnc2C(N)=O)CCN1CC(F)(F)F. The maximum absolute atomic E-state index is 12.5. The van der Waals surface area contributed by atoms with Gasteiger partial charge in [-0.15, -0.1) is 0 Å². The van der Waals surface area contributed by atoms with Gasteiger partial charge in [-0.05, 0) is 6.92 Å². The lowest BCUT2D eigenvalue weighted by atomic mass is 10.1. The summed E-state index contributed by atoms with van der Waals surface area (Å²) in [6, 6.07) is -0.469. The van der Waals surface area contributed by atoms with Crippen molar-refractivity contribution in [3.05, 3.63) is 23.8 Å². The summed E-state index contributed by atoms with van der Waals surface area (Å²) in [5.74, 6) is -1.45. The number of halogens is 3. The maximum Gasteiger partial charge on any atom is 0.401 e. The lowest BCUT2D eigenvalue weighted by Gasteiger charge is -2.39. The number of carbonyl (C=O) groups is 2. The first-order valence-corrected chi connectivity index (χ1v) is 6.90. The van der Waals surface area contributed by atoms with Crippen molar-refractivity contribution in [1.29, 1.82) is 0 Å². The number of aromatic nitrogens is 2. The van der Waals surface area contributed by atoms with Crippen molar-refractivity contribution in [2.45, 2.75) is 19.1 Å². The summed E-state index contributed by atoms with van der Waals surface area (Å²) in [4.78, 5) is 33.9. The molecule has 7 nitrogen and oxygen atoms in total. The number of alkyl halides is 3. The number of hydrogen-bond donors (Lipinski definition) is 1. The number of nitrogens with zero attached hydrogens (tertiary/aromatic N) is 4. The van der Waals surface area contributed by atoms with Crippen LogP contribution < -0.4 is 5.73 Å². The normalized spacial score (nSPS) is 19.7. The Morgan fingerprint density at radius 1 is 1.26 bits per heavy atom. The van der Waals surface area contributed by atoms with E-state index in [1.165, 1.54) is 22.2 Å². The highest BCUT2D eigenvalue weighted by Crippen LogP contribution is 2.21. The number of carbonyl (C=O) groups excluding carboxylic acids is 2. The van der Waals surface area contributed by atoms with Gasteiger partial charge in [-0.2, -0.15) is 13.2 Å². The molecule has 2 heterocycles. The van der Waals surface area contributed by atoms with Crippen LogP contribution in [0.25, 0.3) is 0 Å². The van der Waals surface area contributed by atoms with Gasteiger partial charge in [0.2, 0.25) is 0 Å². The van der Waals surface area contributed by atoms with E-state index in [-0.39, 0.29) is 31.0 Å². The number of hydrogen-bond acceptors (Lipinski definition) is 5. The van der Waals surface area contributed by atoms with E-state index in [9.17, 15) is 22.8 Å². The third kappa shape index (κ3) is 4.15. The van der Waals surface area contributed by atoms with Gasteiger partial charge in [0.15, 0.2) is 11.4 Å². The largest absolute Gasteiger partial charge is 0.401 e. The lowest BCUT2D eigenvalue weighted by Crippen LogP contribution is -2.55. The van der Waals surface area contributed by atoms with Gasteiger partial charge < -0.3 is 10.6 Å². The van der Waals surface area contributed by atoms with Crippen molar-refractivity contribution in [3.8, 4) is 0 Å². The smallest absolute Gasteiger partial charge is 0.364 e. The Morgan fingerprint density at radius 2 is 1.87 bits per heavy atom. The highest BCUT2D eigenvalue weighted by molar-refractivity contribution is 6.03. The van der Waals surface area contributed by atoms with E-state index in [1.54, 1.807) is 6.92 Å². The van der Waals surface area contributed by atoms with Gasteiger partial charge in [0.05, 0.1) is 6.54 Å². The minimum atomic E-state index is -4.29. The van der Waals surface area contributed by atoms with Crippen LogP contribution in [0.1, 0.15) is 27.9 Å². The number of piperazine rings is 1. The molecule has 2 rings (SSSR count). The van der Waals surface area contributed by atoms with E-state index in [2.05, 4.69) is 9.97 Å². The zero-order chi connectivity index (χ0) is 17.2. The molecule has 1 aliphatic heterocycles. The summed E-state index contributed by atoms with van der Waals surface area (Å²) in [6.07, 6.45) is -1.80. The molecule has 1 unspecified atom stereocenters. The van der Waals surface area contributed by atoms with Gasteiger partial charge in [-0.25, -0.2) is 9.97 Å². The average Bonchev–Trinajstić information content (AvgIpc) is 2.47. The molecule has 0 radical (unpaired) electrons. The second-order valence-electron chi connectivity index (χ2n) is 5.30. The molecule has 1 aromatic rings. The molecular weight excluding hydrogens is 315 g/mol. The molecule has 23 heavy (non-hydrogen) atoms. The van der Waals surface area contributed by atoms with E-state index >= 15 is 0 Å². The first-order valence-electron chi connectivity index (χ1n) is 6.90. The zero-order valence-corrected chi connectivity index (χ0v) is 12.4. The number of primary amides is 1. The van der Waals surface area contributed by atoms with Gasteiger partial charge in [0.25, 0.3) is 11.8 Å². The second kappa shape index (κ2) is 6.49. The van der Waals surface area contributed by atoms with E-state index in [0.717, 1.165) is 0 Å². The molecule has 1 saturated heterocycles. The minimum absolute atomic E-state index is 0.0819. The molecular formula is C13H16F3N5O2. The Labute approximate surface area is 130 Å². The lowest BCUT2D eigenvalue weighted by molar-refractivity contribution is -0.153. The fraction of sp³-hybridized carbons (Fsp3) is 0.538. The van der Waals surface area contributed by atoms with Crippen LogP contribution in [0.4, 0.5) is 13.2 Å². The molecule has 1 aliphatic rings. The first kappa shape index (κ1) is 17.1. The zero-order valence-electron chi connectivity index (χ0n) is 12.4. The Kier molecular flexibility index (Phi) is 4.83. The third-order valence-corrected chi connectivity index (χ3v) is 3.57. The van der Waals surface area contributed by atoms with Crippen molar-refractivity contribution < 1.29 is 22.8 Å². The molecule has 1 fully saturated rings. The number of nitrogens with two attached hydrogens (primary N) is 1. The Hall–Kier alpha value is -2.23. The van der Waals surface area contributed by atoms with Crippen LogP contribution in [-0.2, 0) is 0 Å². The third-order valence-electron chi connectivity index (χ3n) is 3.57. The molecule has 1 atom stereocenters. The summed E-state index contributed by atoms with van der Waals surface area (Å²) in [5, 5.41) is 0. The molecule has 126 valence electrons. The van der Waals surface area contributed by atoms with Crippen molar-refractivity contribution in [2.24, 2.45) is 5.73 Å². The quantitative estimate of drug-likeness (QED) is 0.859. The summed E-state index contributed by atoms with van der Waals surface area (Å²) in [7, 11) is 0. The predicted molar refractivity (Wildman–Crippen MR) is 73.5 cm³/mol. The Bertz CT molecular complexity index is 608. The summed E-state index contributed by atoms with van der Waals surface area (Å²) in [5.41, 5.74) is 4.72. The topological polar surface area (TPSA) is 92.4 Å². The molecule has 10 heteroatoms. The van der Waals surface area contributed by atoms with Crippen LogP contribution in [0.15, 0.2) is 12.4 Å². The molecule has 2 amide bonds. The Morgan fingerprint density at radius 3 is 2.39 bits per heavy atom. The standard InChI is InChI=1S/C13H16F3N5O2/c1-8-6-20(4-5-21(8)7-13(14,15)16)12(23)10-9(11(17)22)18-2-3-19-10/h2-3,8H,4-7H2,1H3,(H2,17,22). The van der Waals surface area contributed by atoms with E-state index in [0.29, 0.717) is 0 Å². The second-order valence-corrected chi connectivity index (χ2v) is 5.30. The van der Waals surface area contributed by atoms with Gasteiger partial charge in [0, 0.05) is 38.1 Å². The molecule has 0 aliphatic carbocycles. The molecule has 1 aromatic heterocycles. The fourth-order valence-corrected chi connectivity index (χ4v) is 2.47. The van der Waals surface area contributed by atoms with E-state index in [1.807, 2.05) is 0 Å². The minimum Gasteiger partial charge on any atom is -0.364 e. The highest BCUT2D eigenvalue weighted by atomic mass is 19.4. The number of rotatable bonds is 3. The van der Waals surface area contributed by atoms with Crippen LogP contribution in [-0.4, -0.2) is 70.0 Å². The monoisotopic (exact) mass is 331 g/mol. The van der Waals surface area contributed by atoms with Crippen molar-refractivity contribution in [2.75, 3.05) is 26.2 Å². The van der Waals surface area contributed by atoms with Crippen molar-refractivity contribution in [1.82, 2.24) is 19.8 Å². The molecule has 2 N–H and O–H groups in total. The molecule has 0 aromatic carbocycles. The molecule has 0 spiro atoms. The average molecular weight is 331 g/mol. The van der Waals surface area contributed by atoms with Crippen LogP contribution in [0.2, 0.25) is 0 Å². The van der Waals surface area contributed by atoms with Gasteiger partial charge in [-0.3, -0.25) is 14.5 Å². The van der Waals surface area contributed by atoms with Gasteiger partial charge in [-0.1, -0.05) is 0 Å². The van der Waals surface area contributed by atoms with Gasteiger partial charge in [0.1, 0.15) is 0 Å². The maximum atomic E-state index is 12.5. The Balaban J connectivity index is 2.10. The fourth-order valence-electron chi connectivity index (χ4n) is 2.47. The highest BCUT2D eigenvalue weighted by Gasteiger charge is 2.36. The van der Waals surface area contributed by atoms with Crippen molar-refractivity contribution >= 4 is 11.8 Å². The van der Waals surface area contributed by atoms with E-state index < -0.39 is 30.6 Å².